The highest BCUT2D eigenvalue weighted by Gasteiger charge is 2.42. The Hall–Kier alpha value is -1.91. The Bertz CT molecular complexity index is 627. The van der Waals surface area contributed by atoms with E-state index in [4.69, 9.17) is 0 Å². The van der Waals surface area contributed by atoms with Gasteiger partial charge >= 0.3 is 5.97 Å². The van der Waals surface area contributed by atoms with Gasteiger partial charge in [-0.25, -0.2) is 9.97 Å². The van der Waals surface area contributed by atoms with Crippen LogP contribution in [0, 0.1) is 5.41 Å². The first-order valence-corrected chi connectivity index (χ1v) is 6.62. The number of nitrogens with zero attached hydrogens (tertiary/aromatic N) is 3. The van der Waals surface area contributed by atoms with Crippen LogP contribution in [0.15, 0.2) is 18.3 Å². The summed E-state index contributed by atoms with van der Waals surface area (Å²) < 4.78 is 1.96. The van der Waals surface area contributed by atoms with Gasteiger partial charge in [-0.1, -0.05) is 12.8 Å². The maximum Gasteiger partial charge on any atom is 0.310 e. The van der Waals surface area contributed by atoms with E-state index >= 15 is 0 Å². The molecule has 3 rings (SSSR count). The van der Waals surface area contributed by atoms with E-state index in [-0.39, 0.29) is 0 Å². The molecule has 1 fully saturated rings. The summed E-state index contributed by atoms with van der Waals surface area (Å²) in [5, 5.41) is 9.54. The summed E-state index contributed by atoms with van der Waals surface area (Å²) in [6.07, 6.45) is 5.69. The van der Waals surface area contributed by atoms with Gasteiger partial charge in [-0.05, 0) is 25.0 Å². The molecule has 0 unspecified atom stereocenters. The molecule has 100 valence electrons. The van der Waals surface area contributed by atoms with E-state index in [0.29, 0.717) is 12.1 Å². The van der Waals surface area contributed by atoms with Gasteiger partial charge in [0.1, 0.15) is 5.82 Å². The Morgan fingerprint density at radius 1 is 1.47 bits per heavy atom. The molecule has 2 heterocycles. The predicted molar refractivity (Wildman–Crippen MR) is 70.7 cm³/mol. The number of hydrogen-bond donors (Lipinski definition) is 1. The molecular weight excluding hydrogens is 242 g/mol. The third-order valence-electron chi connectivity index (χ3n) is 4.26. The molecule has 1 aliphatic rings. The van der Waals surface area contributed by atoms with Crippen molar-refractivity contribution >= 4 is 17.1 Å². The van der Waals surface area contributed by atoms with E-state index in [1.54, 1.807) is 6.20 Å². The van der Waals surface area contributed by atoms with E-state index in [2.05, 4.69) is 9.97 Å². The highest BCUT2D eigenvalue weighted by molar-refractivity contribution is 5.76. The summed E-state index contributed by atoms with van der Waals surface area (Å²) in [5.74, 6) is 0.128. The van der Waals surface area contributed by atoms with Crippen molar-refractivity contribution < 1.29 is 9.90 Å². The van der Waals surface area contributed by atoms with Crippen molar-refractivity contribution in [1.29, 1.82) is 0 Å². The van der Waals surface area contributed by atoms with Gasteiger partial charge in [-0.2, -0.15) is 0 Å². The average molecular weight is 259 g/mol. The lowest BCUT2D eigenvalue weighted by atomic mass is 9.82. The number of aryl methyl sites for hydroxylation is 1. The largest absolute Gasteiger partial charge is 0.481 e. The summed E-state index contributed by atoms with van der Waals surface area (Å²) in [5.41, 5.74) is 1.02. The molecule has 0 aliphatic heterocycles. The number of fused-ring (bicyclic) bond motifs is 1. The van der Waals surface area contributed by atoms with Crippen LogP contribution in [0.5, 0.6) is 0 Å². The van der Waals surface area contributed by atoms with E-state index in [1.807, 2.05) is 23.7 Å². The number of carbonyl (C=O) groups is 1. The highest BCUT2D eigenvalue weighted by Crippen LogP contribution is 2.41. The topological polar surface area (TPSA) is 68.0 Å². The third-order valence-corrected chi connectivity index (χ3v) is 4.26. The lowest BCUT2D eigenvalue weighted by Crippen LogP contribution is -2.31. The van der Waals surface area contributed by atoms with Gasteiger partial charge in [-0.3, -0.25) is 4.79 Å². The number of aromatic nitrogens is 3. The first-order valence-electron chi connectivity index (χ1n) is 6.62. The first kappa shape index (κ1) is 12.1. The second kappa shape index (κ2) is 4.33. The number of hydrogen-bond acceptors (Lipinski definition) is 3. The van der Waals surface area contributed by atoms with Crippen molar-refractivity contribution in [2.75, 3.05) is 0 Å². The van der Waals surface area contributed by atoms with Gasteiger partial charge in [0.15, 0.2) is 5.65 Å². The van der Waals surface area contributed by atoms with Gasteiger partial charge in [0.25, 0.3) is 0 Å². The summed E-state index contributed by atoms with van der Waals surface area (Å²) in [6, 6.07) is 3.83. The Labute approximate surface area is 111 Å². The predicted octanol–water partition coefficient (Wildman–Crippen LogP) is 2.16. The molecule has 5 heteroatoms. The fourth-order valence-electron chi connectivity index (χ4n) is 3.05. The van der Waals surface area contributed by atoms with Gasteiger partial charge in [0.2, 0.25) is 0 Å². The lowest BCUT2D eigenvalue weighted by molar-refractivity contribution is -0.148. The molecule has 0 bridgehead atoms. The molecule has 1 aliphatic carbocycles. The zero-order valence-corrected chi connectivity index (χ0v) is 11.0. The average Bonchev–Trinajstić information content (AvgIpc) is 2.98. The number of pyridine rings is 1. The molecule has 2 aromatic heterocycles. The zero-order chi connectivity index (χ0) is 13.5. The lowest BCUT2D eigenvalue weighted by Gasteiger charge is -2.23. The molecule has 1 saturated carbocycles. The number of carboxylic acids is 1. The van der Waals surface area contributed by atoms with E-state index in [0.717, 1.165) is 37.0 Å². The number of carboxylic acid groups (broad SMARTS) is 1. The normalized spacial score (nSPS) is 17.9. The SMILES string of the molecule is Cn1c(CC2(C(=O)O)CCCC2)nc2ncccc21. The van der Waals surface area contributed by atoms with Crippen LogP contribution < -0.4 is 0 Å². The molecule has 2 aromatic rings. The fraction of sp³-hybridized carbons (Fsp3) is 0.500. The highest BCUT2D eigenvalue weighted by atomic mass is 16.4. The van der Waals surface area contributed by atoms with Crippen molar-refractivity contribution in [2.45, 2.75) is 32.1 Å². The minimum absolute atomic E-state index is 0.495. The molecule has 5 nitrogen and oxygen atoms in total. The van der Waals surface area contributed by atoms with Crippen molar-refractivity contribution in [3.63, 3.8) is 0 Å². The van der Waals surface area contributed by atoms with Crippen LogP contribution in [-0.2, 0) is 18.3 Å². The van der Waals surface area contributed by atoms with Gasteiger partial charge < -0.3 is 9.67 Å². The maximum absolute atomic E-state index is 11.6. The zero-order valence-electron chi connectivity index (χ0n) is 11.0. The number of rotatable bonds is 3. The Balaban J connectivity index is 2.01. The van der Waals surface area contributed by atoms with E-state index < -0.39 is 11.4 Å². The Morgan fingerprint density at radius 3 is 2.84 bits per heavy atom. The van der Waals surface area contributed by atoms with Crippen molar-refractivity contribution in [1.82, 2.24) is 14.5 Å². The van der Waals surface area contributed by atoms with Crippen molar-refractivity contribution in [3.05, 3.63) is 24.2 Å². The molecule has 1 N–H and O–H groups in total. The molecular formula is C14H17N3O2. The molecule has 0 aromatic carbocycles. The molecule has 0 spiro atoms. The summed E-state index contributed by atoms with van der Waals surface area (Å²) in [6.45, 7) is 0. The van der Waals surface area contributed by atoms with E-state index in [9.17, 15) is 9.90 Å². The maximum atomic E-state index is 11.6. The minimum atomic E-state index is -0.690. The number of aliphatic carboxylic acids is 1. The summed E-state index contributed by atoms with van der Waals surface area (Å²) in [4.78, 5) is 20.3. The fourth-order valence-corrected chi connectivity index (χ4v) is 3.05. The first-order chi connectivity index (χ1) is 9.12. The van der Waals surface area contributed by atoms with Crippen LogP contribution in [-0.4, -0.2) is 25.6 Å². The smallest absolute Gasteiger partial charge is 0.310 e. The van der Waals surface area contributed by atoms with Crippen LogP contribution in [0.3, 0.4) is 0 Å². The van der Waals surface area contributed by atoms with Gasteiger partial charge in [0, 0.05) is 19.7 Å². The Morgan fingerprint density at radius 2 is 2.21 bits per heavy atom. The monoisotopic (exact) mass is 259 g/mol. The minimum Gasteiger partial charge on any atom is -0.481 e. The van der Waals surface area contributed by atoms with Crippen LogP contribution in [0.25, 0.3) is 11.2 Å². The van der Waals surface area contributed by atoms with Crippen molar-refractivity contribution in [3.8, 4) is 0 Å². The van der Waals surface area contributed by atoms with Crippen LogP contribution in [0.2, 0.25) is 0 Å². The van der Waals surface area contributed by atoms with Crippen LogP contribution >= 0.6 is 0 Å². The molecule has 0 amide bonds. The van der Waals surface area contributed by atoms with Crippen molar-refractivity contribution in [2.24, 2.45) is 12.5 Å². The van der Waals surface area contributed by atoms with Gasteiger partial charge in [0.05, 0.1) is 10.9 Å². The second-order valence-electron chi connectivity index (χ2n) is 5.40. The van der Waals surface area contributed by atoms with Gasteiger partial charge in [-0.15, -0.1) is 0 Å². The molecule has 0 saturated heterocycles. The van der Waals surface area contributed by atoms with Crippen LogP contribution in [0.4, 0.5) is 0 Å². The summed E-state index contributed by atoms with van der Waals surface area (Å²) >= 11 is 0. The quantitative estimate of drug-likeness (QED) is 0.917. The number of imidazole rings is 1. The molecule has 0 radical (unpaired) electrons. The third kappa shape index (κ3) is 1.89. The standard InChI is InChI=1S/C14H17N3O2/c1-17-10-5-4-8-15-12(10)16-11(17)9-14(13(18)19)6-2-3-7-14/h4-5,8H,2-3,6-7,9H2,1H3,(H,18,19). The van der Waals surface area contributed by atoms with Crippen LogP contribution in [0.1, 0.15) is 31.5 Å². The summed E-state index contributed by atoms with van der Waals surface area (Å²) in [7, 11) is 1.93. The Kier molecular flexibility index (Phi) is 2.77. The molecule has 19 heavy (non-hydrogen) atoms. The second-order valence-corrected chi connectivity index (χ2v) is 5.40. The molecule has 0 atom stereocenters. The van der Waals surface area contributed by atoms with E-state index in [1.165, 1.54) is 0 Å².